The summed E-state index contributed by atoms with van der Waals surface area (Å²) in [7, 11) is 0. The van der Waals surface area contributed by atoms with Gasteiger partial charge in [-0.1, -0.05) is 249 Å². The number of hydrogen-bond acceptors (Lipinski definition) is 5. The summed E-state index contributed by atoms with van der Waals surface area (Å²) >= 11 is 0. The summed E-state index contributed by atoms with van der Waals surface area (Å²) in [6, 6.07) is 0. The molecule has 0 radical (unpaired) electrons. The minimum atomic E-state index is -0.419. The van der Waals surface area contributed by atoms with Crippen molar-refractivity contribution in [1.82, 2.24) is 0 Å². The molecule has 0 saturated heterocycles. The summed E-state index contributed by atoms with van der Waals surface area (Å²) < 4.78 is 17.4. The van der Waals surface area contributed by atoms with Crippen LogP contribution in [0.1, 0.15) is 290 Å². The predicted octanol–water partition coefficient (Wildman–Crippen LogP) is 19.1. The van der Waals surface area contributed by atoms with E-state index < -0.39 is 6.10 Å². The summed E-state index contributed by atoms with van der Waals surface area (Å²) in [4.78, 5) is 25.2. The van der Waals surface area contributed by atoms with E-state index in [1.807, 2.05) is 0 Å². The molecule has 5 heteroatoms. The van der Waals surface area contributed by atoms with E-state index >= 15 is 0 Å². The molecule has 0 aliphatic rings. The van der Waals surface area contributed by atoms with Gasteiger partial charge >= 0.3 is 11.9 Å². The van der Waals surface area contributed by atoms with Gasteiger partial charge in [-0.05, 0) is 77.0 Å². The highest BCUT2D eigenvalue weighted by Gasteiger charge is 2.16. The minimum Gasteiger partial charge on any atom is -0.463 e. The lowest BCUT2D eigenvalue weighted by Gasteiger charge is -2.18. The van der Waals surface area contributed by atoms with Crippen molar-refractivity contribution in [2.45, 2.75) is 297 Å². The maximum Gasteiger partial charge on any atom is 0.305 e. The third-order valence-corrected chi connectivity index (χ3v) is 12.4. The lowest BCUT2D eigenvalue weighted by atomic mass is 10.0. The van der Waals surface area contributed by atoms with E-state index in [0.29, 0.717) is 19.4 Å². The highest BCUT2D eigenvalue weighted by atomic mass is 16.6. The topological polar surface area (TPSA) is 61.8 Å². The van der Waals surface area contributed by atoms with E-state index in [9.17, 15) is 9.59 Å². The van der Waals surface area contributed by atoms with Gasteiger partial charge in [-0.3, -0.25) is 9.59 Å². The molecule has 0 aromatic heterocycles. The number of allylic oxidation sites excluding steroid dienone is 8. The quantitative estimate of drug-likeness (QED) is 0.0346. The second-order valence-electron chi connectivity index (χ2n) is 18.8. The van der Waals surface area contributed by atoms with E-state index in [4.69, 9.17) is 14.2 Å². The zero-order valence-electron chi connectivity index (χ0n) is 43.1. The molecule has 0 N–H and O–H groups in total. The first-order valence-electron chi connectivity index (χ1n) is 28.2. The lowest BCUT2D eigenvalue weighted by Crippen LogP contribution is -2.29. The lowest BCUT2D eigenvalue weighted by molar-refractivity contribution is -0.155. The molecule has 0 fully saturated rings. The van der Waals surface area contributed by atoms with E-state index in [1.165, 1.54) is 205 Å². The van der Waals surface area contributed by atoms with Crippen molar-refractivity contribution in [3.05, 3.63) is 48.6 Å². The van der Waals surface area contributed by atoms with Crippen molar-refractivity contribution in [3.8, 4) is 0 Å². The van der Waals surface area contributed by atoms with Gasteiger partial charge in [0.2, 0.25) is 0 Å². The van der Waals surface area contributed by atoms with E-state index in [0.717, 1.165) is 51.4 Å². The molecule has 0 aromatic rings. The van der Waals surface area contributed by atoms with E-state index in [-0.39, 0.29) is 25.2 Å². The Bertz CT molecular complexity index is 1060. The summed E-state index contributed by atoms with van der Waals surface area (Å²) in [5, 5.41) is 0. The Balaban J connectivity index is 4.31. The maximum absolute atomic E-state index is 12.6. The zero-order valence-corrected chi connectivity index (χ0v) is 43.1. The van der Waals surface area contributed by atoms with Gasteiger partial charge in [0.15, 0.2) is 0 Å². The molecule has 0 aliphatic heterocycles. The summed E-state index contributed by atoms with van der Waals surface area (Å²) in [6.45, 7) is 7.69. The smallest absolute Gasteiger partial charge is 0.305 e. The summed E-state index contributed by atoms with van der Waals surface area (Å²) in [5.41, 5.74) is 0. The first kappa shape index (κ1) is 61.9. The van der Waals surface area contributed by atoms with Gasteiger partial charge in [-0.25, -0.2) is 0 Å². The van der Waals surface area contributed by atoms with Crippen LogP contribution in [0.4, 0.5) is 0 Å². The van der Waals surface area contributed by atoms with Gasteiger partial charge in [-0.15, -0.1) is 0 Å². The van der Waals surface area contributed by atoms with Gasteiger partial charge in [0.1, 0.15) is 19.3 Å². The molecule has 0 unspecified atom stereocenters. The van der Waals surface area contributed by atoms with Gasteiger partial charge in [0, 0.05) is 19.4 Å². The van der Waals surface area contributed by atoms with Crippen LogP contribution < -0.4 is 0 Å². The number of rotatable bonds is 52. The Morgan fingerprint density at radius 1 is 0.328 bits per heavy atom. The van der Waals surface area contributed by atoms with Crippen molar-refractivity contribution in [2.75, 3.05) is 19.8 Å². The molecule has 0 heterocycles. The van der Waals surface area contributed by atoms with Crippen LogP contribution in [-0.4, -0.2) is 37.9 Å². The number of hydrogen-bond donors (Lipinski definition) is 0. The molecule has 0 rings (SSSR count). The Hall–Kier alpha value is -2.14. The van der Waals surface area contributed by atoms with Crippen molar-refractivity contribution in [2.24, 2.45) is 0 Å². The van der Waals surface area contributed by atoms with Crippen LogP contribution in [0.2, 0.25) is 0 Å². The fourth-order valence-corrected chi connectivity index (χ4v) is 8.09. The van der Waals surface area contributed by atoms with Crippen LogP contribution in [0, 0.1) is 0 Å². The number of ether oxygens (including phenoxy) is 3. The third-order valence-electron chi connectivity index (χ3n) is 12.4. The normalized spacial score (nSPS) is 12.5. The van der Waals surface area contributed by atoms with E-state index in [1.54, 1.807) is 0 Å². The largest absolute Gasteiger partial charge is 0.463 e. The zero-order chi connectivity index (χ0) is 46.3. The fraction of sp³-hybridized carbons (Fsp3) is 0.831. The number of unbranched alkanes of at least 4 members (excludes halogenated alkanes) is 33. The molecule has 5 nitrogen and oxygen atoms in total. The first-order chi connectivity index (χ1) is 31.6. The standard InChI is InChI=1S/C59H108O5/c1-4-7-10-13-16-19-22-25-28-30-32-35-38-41-44-47-50-53-59(61)64-56-57(62-54-51-48-45-42-39-36-33-29-26-23-20-17-14-11-8-5-2)55-63-58(60)52-49-46-43-40-37-34-31-27-24-21-18-15-12-9-6-3/h21,24-25,28,32,35,41,44,57H,4-20,22-23,26-27,29-31,33-34,36-40,42-43,45-56H2,1-3H3/b24-21-,28-25-,35-32-,44-41-/t57-/m0/s1. The molecule has 1 atom stereocenters. The summed E-state index contributed by atoms with van der Waals surface area (Å²) in [5.74, 6) is -0.386. The number of carbonyl (C=O) groups is 2. The molecule has 64 heavy (non-hydrogen) atoms. The monoisotopic (exact) mass is 897 g/mol. The first-order valence-corrected chi connectivity index (χ1v) is 28.2. The SMILES string of the molecule is CCCCCC/C=C\CCCCCCCCCC(=O)OC[C@@H](COC(=O)CCC/C=C\C/C=C\C/C=C\CCCCCCCC)OCCCCCCCCCCCCCCCCCC. The molecule has 0 amide bonds. The summed E-state index contributed by atoms with van der Waals surface area (Å²) in [6.07, 6.45) is 68.7. The Morgan fingerprint density at radius 2 is 0.609 bits per heavy atom. The number of esters is 2. The molecule has 0 aromatic carbocycles. The van der Waals surface area contributed by atoms with Gasteiger partial charge < -0.3 is 14.2 Å². The molecular weight excluding hydrogens is 789 g/mol. The van der Waals surface area contributed by atoms with Crippen LogP contribution >= 0.6 is 0 Å². The highest BCUT2D eigenvalue weighted by molar-refractivity contribution is 5.69. The van der Waals surface area contributed by atoms with Crippen LogP contribution in [0.15, 0.2) is 48.6 Å². The minimum absolute atomic E-state index is 0.133. The Morgan fingerprint density at radius 3 is 1.02 bits per heavy atom. The van der Waals surface area contributed by atoms with Crippen LogP contribution in [0.5, 0.6) is 0 Å². The van der Waals surface area contributed by atoms with Gasteiger partial charge in [-0.2, -0.15) is 0 Å². The third kappa shape index (κ3) is 52.5. The average molecular weight is 898 g/mol. The Labute approximate surface area is 399 Å². The van der Waals surface area contributed by atoms with Crippen molar-refractivity contribution >= 4 is 11.9 Å². The predicted molar refractivity (Wildman–Crippen MR) is 279 cm³/mol. The second kappa shape index (κ2) is 55.2. The van der Waals surface area contributed by atoms with Gasteiger partial charge in [0.05, 0.1) is 0 Å². The molecule has 0 saturated carbocycles. The molecule has 374 valence electrons. The maximum atomic E-state index is 12.6. The number of carbonyl (C=O) groups excluding carboxylic acids is 2. The van der Waals surface area contributed by atoms with Crippen molar-refractivity contribution in [1.29, 1.82) is 0 Å². The van der Waals surface area contributed by atoms with Crippen molar-refractivity contribution < 1.29 is 23.8 Å². The second-order valence-corrected chi connectivity index (χ2v) is 18.8. The van der Waals surface area contributed by atoms with E-state index in [2.05, 4.69) is 69.4 Å². The fourth-order valence-electron chi connectivity index (χ4n) is 8.09. The molecule has 0 spiro atoms. The van der Waals surface area contributed by atoms with Gasteiger partial charge in [0.25, 0.3) is 0 Å². The highest BCUT2D eigenvalue weighted by Crippen LogP contribution is 2.15. The Kier molecular flexibility index (Phi) is 53.3. The molecule has 0 bridgehead atoms. The van der Waals surface area contributed by atoms with Crippen LogP contribution in [0.25, 0.3) is 0 Å². The van der Waals surface area contributed by atoms with Crippen molar-refractivity contribution in [3.63, 3.8) is 0 Å². The van der Waals surface area contributed by atoms with Crippen LogP contribution in [0.3, 0.4) is 0 Å². The molecule has 0 aliphatic carbocycles. The average Bonchev–Trinajstić information content (AvgIpc) is 3.30. The molecular formula is C59H108O5. The van der Waals surface area contributed by atoms with Crippen LogP contribution in [-0.2, 0) is 23.8 Å².